The average molecular weight is 236 g/mol. The molecule has 0 spiro atoms. The Morgan fingerprint density at radius 1 is 1.50 bits per heavy atom. The lowest BCUT2D eigenvalue weighted by molar-refractivity contribution is 0.207. The van der Waals surface area contributed by atoms with Crippen LogP contribution in [0.1, 0.15) is 36.2 Å². The van der Waals surface area contributed by atoms with E-state index in [1.165, 1.54) is 5.56 Å². The third-order valence-electron chi connectivity index (χ3n) is 2.74. The van der Waals surface area contributed by atoms with Crippen molar-refractivity contribution in [1.29, 1.82) is 0 Å². The summed E-state index contributed by atoms with van der Waals surface area (Å²) in [4.78, 5) is 5.25. The minimum atomic E-state index is -0.593. The van der Waals surface area contributed by atoms with Crippen molar-refractivity contribution < 1.29 is 5.11 Å². The van der Waals surface area contributed by atoms with Gasteiger partial charge in [-0.1, -0.05) is 6.92 Å². The Hall–Kier alpha value is -1.13. The van der Waals surface area contributed by atoms with Crippen LogP contribution in [-0.4, -0.2) is 14.7 Å². The zero-order valence-corrected chi connectivity index (χ0v) is 10.4. The average Bonchev–Trinajstić information content (AvgIpc) is 2.96. The fourth-order valence-electron chi connectivity index (χ4n) is 1.83. The number of aromatic nitrogens is 2. The molecule has 0 radical (unpaired) electrons. The molecule has 0 aliphatic heterocycles. The van der Waals surface area contributed by atoms with Gasteiger partial charge in [-0.15, -0.1) is 11.3 Å². The van der Waals surface area contributed by atoms with E-state index in [1.807, 2.05) is 23.1 Å². The van der Waals surface area contributed by atoms with Gasteiger partial charge in [0.15, 0.2) is 0 Å². The Kier molecular flexibility index (Phi) is 3.41. The molecular formula is C12H16N2OS. The SMILES string of the molecule is CCc1ccsc1C(O)c1nccn1CC. The molecule has 0 bridgehead atoms. The highest BCUT2D eigenvalue weighted by atomic mass is 32.1. The normalized spacial score (nSPS) is 12.9. The number of hydrogen-bond donors (Lipinski definition) is 1. The van der Waals surface area contributed by atoms with Crippen LogP contribution < -0.4 is 0 Å². The maximum absolute atomic E-state index is 10.3. The van der Waals surface area contributed by atoms with Gasteiger partial charge in [-0.05, 0) is 30.4 Å². The summed E-state index contributed by atoms with van der Waals surface area (Å²) in [5.41, 5.74) is 1.21. The van der Waals surface area contributed by atoms with E-state index in [9.17, 15) is 5.11 Å². The number of hydrogen-bond acceptors (Lipinski definition) is 3. The maximum atomic E-state index is 10.3. The number of rotatable bonds is 4. The molecule has 2 heterocycles. The van der Waals surface area contributed by atoms with Gasteiger partial charge in [0, 0.05) is 23.8 Å². The van der Waals surface area contributed by atoms with Crippen molar-refractivity contribution in [2.45, 2.75) is 32.9 Å². The van der Waals surface area contributed by atoms with Crippen molar-refractivity contribution in [3.63, 3.8) is 0 Å². The maximum Gasteiger partial charge on any atom is 0.146 e. The minimum absolute atomic E-state index is 0.593. The smallest absolute Gasteiger partial charge is 0.146 e. The molecule has 2 aromatic rings. The Labute approximate surface area is 99.4 Å². The second-order valence-corrected chi connectivity index (χ2v) is 4.59. The van der Waals surface area contributed by atoms with Gasteiger partial charge in [-0.2, -0.15) is 0 Å². The van der Waals surface area contributed by atoms with Crippen molar-refractivity contribution in [2.24, 2.45) is 0 Å². The van der Waals surface area contributed by atoms with Crippen LogP contribution in [0.2, 0.25) is 0 Å². The van der Waals surface area contributed by atoms with Gasteiger partial charge in [-0.3, -0.25) is 0 Å². The molecule has 1 atom stereocenters. The third-order valence-corrected chi connectivity index (χ3v) is 3.75. The molecule has 1 N–H and O–H groups in total. The topological polar surface area (TPSA) is 38.1 Å². The summed E-state index contributed by atoms with van der Waals surface area (Å²) in [5, 5.41) is 12.3. The van der Waals surface area contributed by atoms with Gasteiger partial charge < -0.3 is 9.67 Å². The molecule has 3 nitrogen and oxygen atoms in total. The molecule has 0 fully saturated rings. The van der Waals surface area contributed by atoms with Crippen molar-refractivity contribution in [3.05, 3.63) is 40.1 Å². The summed E-state index contributed by atoms with van der Waals surface area (Å²) in [6.07, 6.45) is 3.99. The molecule has 0 aliphatic carbocycles. The summed E-state index contributed by atoms with van der Waals surface area (Å²) < 4.78 is 1.98. The number of aliphatic hydroxyl groups excluding tert-OH is 1. The molecule has 0 aliphatic rings. The number of aryl methyl sites for hydroxylation is 2. The molecule has 0 amide bonds. The first-order valence-corrected chi connectivity index (χ1v) is 6.41. The van der Waals surface area contributed by atoms with Crippen molar-refractivity contribution in [3.8, 4) is 0 Å². The lowest BCUT2D eigenvalue weighted by Gasteiger charge is -2.12. The quantitative estimate of drug-likeness (QED) is 0.886. The Morgan fingerprint density at radius 3 is 3.00 bits per heavy atom. The largest absolute Gasteiger partial charge is 0.380 e. The first-order chi connectivity index (χ1) is 7.77. The van der Waals surface area contributed by atoms with Crippen LogP contribution >= 0.6 is 11.3 Å². The third kappa shape index (κ3) is 1.90. The molecule has 1 unspecified atom stereocenters. The van der Waals surface area contributed by atoms with Gasteiger partial charge in [0.2, 0.25) is 0 Å². The first-order valence-electron chi connectivity index (χ1n) is 5.53. The predicted molar refractivity (Wildman–Crippen MR) is 65.7 cm³/mol. The number of imidazole rings is 1. The van der Waals surface area contributed by atoms with E-state index in [2.05, 4.69) is 18.0 Å². The summed E-state index contributed by atoms with van der Waals surface area (Å²) in [7, 11) is 0. The summed E-state index contributed by atoms with van der Waals surface area (Å²) in [6.45, 7) is 4.98. The fourth-order valence-corrected chi connectivity index (χ4v) is 2.81. The predicted octanol–water partition coefficient (Wildman–Crippen LogP) is 2.61. The van der Waals surface area contributed by atoms with E-state index in [0.717, 1.165) is 23.7 Å². The zero-order chi connectivity index (χ0) is 11.5. The minimum Gasteiger partial charge on any atom is -0.380 e. The molecule has 2 rings (SSSR count). The lowest BCUT2D eigenvalue weighted by Crippen LogP contribution is -2.08. The highest BCUT2D eigenvalue weighted by Gasteiger charge is 2.19. The molecule has 4 heteroatoms. The van der Waals surface area contributed by atoms with Crippen molar-refractivity contribution in [2.75, 3.05) is 0 Å². The summed E-state index contributed by atoms with van der Waals surface area (Å²) >= 11 is 1.60. The standard InChI is InChI=1S/C12H16N2OS/c1-3-9-5-8-16-11(9)10(15)12-13-6-7-14(12)4-2/h5-8,10,15H,3-4H2,1-2H3. The Bertz CT molecular complexity index is 419. The molecule has 86 valence electrons. The number of nitrogens with zero attached hydrogens (tertiary/aromatic N) is 2. The van der Waals surface area contributed by atoms with Gasteiger partial charge in [-0.25, -0.2) is 4.98 Å². The van der Waals surface area contributed by atoms with E-state index in [0.29, 0.717) is 0 Å². The molecule has 2 aromatic heterocycles. The van der Waals surface area contributed by atoms with Gasteiger partial charge >= 0.3 is 0 Å². The lowest BCUT2D eigenvalue weighted by atomic mass is 10.1. The van der Waals surface area contributed by atoms with E-state index < -0.39 is 6.10 Å². The van der Waals surface area contributed by atoms with Crippen LogP contribution in [0.5, 0.6) is 0 Å². The fraction of sp³-hybridized carbons (Fsp3) is 0.417. The summed E-state index contributed by atoms with van der Waals surface area (Å²) in [6, 6.07) is 2.07. The molecule has 0 saturated carbocycles. The monoisotopic (exact) mass is 236 g/mol. The molecule has 0 aromatic carbocycles. The van der Waals surface area contributed by atoms with Crippen LogP contribution in [0.4, 0.5) is 0 Å². The second kappa shape index (κ2) is 4.80. The van der Waals surface area contributed by atoms with Crippen LogP contribution in [0.15, 0.2) is 23.8 Å². The van der Waals surface area contributed by atoms with Crippen LogP contribution in [0.25, 0.3) is 0 Å². The van der Waals surface area contributed by atoms with Gasteiger partial charge in [0.05, 0.1) is 0 Å². The van der Waals surface area contributed by atoms with Gasteiger partial charge in [0.1, 0.15) is 11.9 Å². The van der Waals surface area contributed by atoms with Crippen LogP contribution in [0.3, 0.4) is 0 Å². The number of aliphatic hydroxyl groups is 1. The molecule has 16 heavy (non-hydrogen) atoms. The van der Waals surface area contributed by atoms with Crippen LogP contribution in [-0.2, 0) is 13.0 Å². The van der Waals surface area contributed by atoms with Crippen LogP contribution in [0, 0.1) is 0 Å². The van der Waals surface area contributed by atoms with E-state index in [1.54, 1.807) is 17.5 Å². The Balaban J connectivity index is 2.35. The molecular weight excluding hydrogens is 220 g/mol. The first kappa shape index (κ1) is 11.4. The highest BCUT2D eigenvalue weighted by molar-refractivity contribution is 7.10. The number of thiophene rings is 1. The molecule has 0 saturated heterocycles. The van der Waals surface area contributed by atoms with Crippen molar-refractivity contribution in [1.82, 2.24) is 9.55 Å². The summed E-state index contributed by atoms with van der Waals surface area (Å²) in [5.74, 6) is 0.736. The highest BCUT2D eigenvalue weighted by Crippen LogP contribution is 2.29. The zero-order valence-electron chi connectivity index (χ0n) is 9.55. The Morgan fingerprint density at radius 2 is 2.31 bits per heavy atom. The van der Waals surface area contributed by atoms with E-state index >= 15 is 0 Å². The van der Waals surface area contributed by atoms with Crippen molar-refractivity contribution >= 4 is 11.3 Å². The van der Waals surface area contributed by atoms with Gasteiger partial charge in [0.25, 0.3) is 0 Å². The van der Waals surface area contributed by atoms with E-state index in [-0.39, 0.29) is 0 Å². The van der Waals surface area contributed by atoms with E-state index in [4.69, 9.17) is 0 Å². The second-order valence-electron chi connectivity index (χ2n) is 3.64.